The summed E-state index contributed by atoms with van der Waals surface area (Å²) in [4.78, 5) is 19.0. The lowest BCUT2D eigenvalue weighted by molar-refractivity contribution is -0.135. The van der Waals surface area contributed by atoms with Gasteiger partial charge in [0.05, 0.1) is 0 Å². The molecule has 1 amide bonds. The standard InChI is InChI=1S/C19H36N4O2.HI/c1-3-25-14-8-7-12-21-19(20-2)22-17-11-13-23(15-17)18(24)16-9-5-4-6-10-16;/h16-17H,3-15H2,1-2H3,(H2,20,21,22);1H. The zero-order valence-corrected chi connectivity index (χ0v) is 18.8. The van der Waals surface area contributed by atoms with Gasteiger partial charge in [-0.05, 0) is 39.0 Å². The fourth-order valence-corrected chi connectivity index (χ4v) is 3.75. The van der Waals surface area contributed by atoms with Crippen LogP contribution in [0.25, 0.3) is 0 Å². The van der Waals surface area contributed by atoms with Gasteiger partial charge >= 0.3 is 0 Å². The Morgan fingerprint density at radius 2 is 1.96 bits per heavy atom. The van der Waals surface area contributed by atoms with Gasteiger partial charge < -0.3 is 20.3 Å². The fraction of sp³-hybridized carbons (Fsp3) is 0.895. The molecule has 0 spiro atoms. The maximum Gasteiger partial charge on any atom is 0.225 e. The van der Waals surface area contributed by atoms with E-state index in [4.69, 9.17) is 4.74 Å². The Labute approximate surface area is 175 Å². The van der Waals surface area contributed by atoms with E-state index in [0.29, 0.717) is 11.9 Å². The average molecular weight is 480 g/mol. The molecule has 0 bridgehead atoms. The van der Waals surface area contributed by atoms with Crippen molar-refractivity contribution in [1.29, 1.82) is 0 Å². The quantitative estimate of drug-likeness (QED) is 0.243. The molecule has 0 aromatic carbocycles. The number of likely N-dealkylation sites (tertiary alicyclic amines) is 1. The predicted octanol–water partition coefficient (Wildman–Crippen LogP) is 2.77. The molecular formula is C19H37IN4O2. The van der Waals surface area contributed by atoms with Crippen LogP contribution in [-0.4, -0.2) is 62.7 Å². The van der Waals surface area contributed by atoms with Gasteiger partial charge in [-0.3, -0.25) is 9.79 Å². The normalized spacial score (nSPS) is 21.4. The number of aliphatic imine (C=N–C) groups is 1. The summed E-state index contributed by atoms with van der Waals surface area (Å²) >= 11 is 0. The highest BCUT2D eigenvalue weighted by Crippen LogP contribution is 2.26. The van der Waals surface area contributed by atoms with Crippen molar-refractivity contribution in [2.45, 2.75) is 64.3 Å². The second-order valence-corrected chi connectivity index (χ2v) is 7.15. The summed E-state index contributed by atoms with van der Waals surface area (Å²) in [5.74, 6) is 1.49. The summed E-state index contributed by atoms with van der Waals surface area (Å²) in [5, 5.41) is 6.83. The van der Waals surface area contributed by atoms with Crippen LogP contribution in [0.2, 0.25) is 0 Å². The average Bonchev–Trinajstić information content (AvgIpc) is 3.12. The minimum absolute atomic E-state index is 0. The summed E-state index contributed by atoms with van der Waals surface area (Å²) < 4.78 is 5.35. The molecule has 2 aliphatic rings. The molecule has 1 aliphatic carbocycles. The van der Waals surface area contributed by atoms with Crippen LogP contribution in [0.5, 0.6) is 0 Å². The highest BCUT2D eigenvalue weighted by atomic mass is 127. The maximum atomic E-state index is 12.6. The number of hydrogen-bond acceptors (Lipinski definition) is 3. The van der Waals surface area contributed by atoms with Gasteiger partial charge in [-0.25, -0.2) is 0 Å². The highest BCUT2D eigenvalue weighted by Gasteiger charge is 2.31. The van der Waals surface area contributed by atoms with E-state index < -0.39 is 0 Å². The Hall–Kier alpha value is -0.570. The monoisotopic (exact) mass is 480 g/mol. The molecule has 1 aliphatic heterocycles. The molecular weight excluding hydrogens is 443 g/mol. The van der Waals surface area contributed by atoms with E-state index in [0.717, 1.165) is 70.9 Å². The number of amides is 1. The summed E-state index contributed by atoms with van der Waals surface area (Å²) in [6.45, 7) is 6.20. The topological polar surface area (TPSA) is 66.0 Å². The van der Waals surface area contributed by atoms with Crippen LogP contribution < -0.4 is 10.6 Å². The smallest absolute Gasteiger partial charge is 0.225 e. The number of guanidine groups is 1. The number of nitrogens with one attached hydrogen (secondary N) is 2. The molecule has 152 valence electrons. The number of ether oxygens (including phenoxy) is 1. The Kier molecular flexibility index (Phi) is 12.3. The Morgan fingerprint density at radius 3 is 2.65 bits per heavy atom. The largest absolute Gasteiger partial charge is 0.382 e. The minimum Gasteiger partial charge on any atom is -0.382 e. The van der Waals surface area contributed by atoms with E-state index in [1.165, 1.54) is 19.3 Å². The van der Waals surface area contributed by atoms with Crippen molar-refractivity contribution in [3.63, 3.8) is 0 Å². The summed E-state index contributed by atoms with van der Waals surface area (Å²) in [5.41, 5.74) is 0. The van der Waals surface area contributed by atoms with Crippen molar-refractivity contribution in [3.8, 4) is 0 Å². The van der Waals surface area contributed by atoms with Crippen LogP contribution in [0.15, 0.2) is 4.99 Å². The van der Waals surface area contributed by atoms with Gasteiger partial charge in [-0.2, -0.15) is 0 Å². The van der Waals surface area contributed by atoms with Gasteiger partial charge in [0.15, 0.2) is 5.96 Å². The van der Waals surface area contributed by atoms with E-state index in [1.54, 1.807) is 7.05 Å². The molecule has 0 radical (unpaired) electrons. The summed E-state index contributed by atoms with van der Waals surface area (Å²) in [6, 6.07) is 0.308. The molecule has 0 aromatic heterocycles. The van der Waals surface area contributed by atoms with Crippen molar-refractivity contribution in [2.75, 3.05) is 39.9 Å². The van der Waals surface area contributed by atoms with Gasteiger partial charge in [0.2, 0.25) is 5.91 Å². The first-order valence-electron chi connectivity index (χ1n) is 10.1. The lowest BCUT2D eigenvalue weighted by Gasteiger charge is -2.26. The SMILES string of the molecule is CCOCCCCNC(=NC)NC1CCN(C(=O)C2CCCCC2)C1.I. The van der Waals surface area contributed by atoms with Gasteiger partial charge in [0.1, 0.15) is 0 Å². The van der Waals surface area contributed by atoms with Crippen molar-refractivity contribution in [3.05, 3.63) is 0 Å². The van der Waals surface area contributed by atoms with E-state index >= 15 is 0 Å². The lowest BCUT2D eigenvalue weighted by Crippen LogP contribution is -2.45. The maximum absolute atomic E-state index is 12.6. The molecule has 1 saturated heterocycles. The number of unbranched alkanes of at least 4 members (excludes halogenated alkanes) is 1. The number of hydrogen-bond donors (Lipinski definition) is 2. The Balaban J connectivity index is 0.00000338. The minimum atomic E-state index is 0. The molecule has 6 nitrogen and oxygen atoms in total. The third kappa shape index (κ3) is 7.98. The first-order valence-corrected chi connectivity index (χ1v) is 10.1. The van der Waals surface area contributed by atoms with Crippen molar-refractivity contribution in [2.24, 2.45) is 10.9 Å². The van der Waals surface area contributed by atoms with Gasteiger partial charge in [-0.1, -0.05) is 19.3 Å². The first-order chi connectivity index (χ1) is 12.2. The molecule has 2 N–H and O–H groups in total. The van der Waals surface area contributed by atoms with Crippen LogP contribution in [0.3, 0.4) is 0 Å². The number of halogens is 1. The second kappa shape index (κ2) is 13.6. The molecule has 1 atom stereocenters. The fourth-order valence-electron chi connectivity index (χ4n) is 3.75. The van der Waals surface area contributed by atoms with Crippen LogP contribution in [0.1, 0.15) is 58.3 Å². The van der Waals surface area contributed by atoms with E-state index in [-0.39, 0.29) is 29.9 Å². The van der Waals surface area contributed by atoms with Crippen molar-refractivity contribution in [1.82, 2.24) is 15.5 Å². The highest BCUT2D eigenvalue weighted by molar-refractivity contribution is 14.0. The Morgan fingerprint density at radius 1 is 1.19 bits per heavy atom. The van der Waals surface area contributed by atoms with Crippen molar-refractivity contribution < 1.29 is 9.53 Å². The zero-order chi connectivity index (χ0) is 17.9. The zero-order valence-electron chi connectivity index (χ0n) is 16.5. The molecule has 2 rings (SSSR count). The van der Waals surface area contributed by atoms with Gasteiger partial charge in [0.25, 0.3) is 0 Å². The first kappa shape index (κ1) is 23.5. The lowest BCUT2D eigenvalue weighted by atomic mass is 9.88. The molecule has 7 heteroatoms. The second-order valence-electron chi connectivity index (χ2n) is 7.15. The van der Waals surface area contributed by atoms with E-state index in [1.807, 2.05) is 6.92 Å². The van der Waals surface area contributed by atoms with Gasteiger partial charge in [-0.15, -0.1) is 24.0 Å². The number of nitrogens with zero attached hydrogens (tertiary/aromatic N) is 2. The molecule has 2 fully saturated rings. The molecule has 1 unspecified atom stereocenters. The molecule has 1 heterocycles. The van der Waals surface area contributed by atoms with Crippen molar-refractivity contribution >= 4 is 35.8 Å². The summed E-state index contributed by atoms with van der Waals surface area (Å²) in [6.07, 6.45) is 9.01. The van der Waals surface area contributed by atoms with Crippen LogP contribution in [0, 0.1) is 5.92 Å². The third-order valence-electron chi connectivity index (χ3n) is 5.23. The van der Waals surface area contributed by atoms with Gasteiger partial charge in [0, 0.05) is 51.9 Å². The number of carbonyl (C=O) groups is 1. The Bertz CT molecular complexity index is 428. The van der Waals surface area contributed by atoms with Crippen LogP contribution >= 0.6 is 24.0 Å². The number of carbonyl (C=O) groups excluding carboxylic acids is 1. The summed E-state index contributed by atoms with van der Waals surface area (Å²) in [7, 11) is 1.80. The molecule has 0 aromatic rings. The number of rotatable bonds is 8. The molecule has 1 saturated carbocycles. The predicted molar refractivity (Wildman–Crippen MR) is 117 cm³/mol. The van der Waals surface area contributed by atoms with E-state index in [2.05, 4.69) is 20.5 Å². The van der Waals surface area contributed by atoms with Crippen LogP contribution in [-0.2, 0) is 9.53 Å². The molecule has 26 heavy (non-hydrogen) atoms. The third-order valence-corrected chi connectivity index (χ3v) is 5.23. The van der Waals surface area contributed by atoms with Crippen LogP contribution in [0.4, 0.5) is 0 Å². The van der Waals surface area contributed by atoms with E-state index in [9.17, 15) is 4.79 Å².